The summed E-state index contributed by atoms with van der Waals surface area (Å²) in [4.78, 5) is 31.0. The van der Waals surface area contributed by atoms with E-state index in [1.165, 1.54) is 4.31 Å². The van der Waals surface area contributed by atoms with Gasteiger partial charge in [-0.25, -0.2) is 8.42 Å². The number of aromatic amines is 1. The van der Waals surface area contributed by atoms with Crippen LogP contribution in [0, 0.1) is 0 Å². The average molecular weight is 538 g/mol. The van der Waals surface area contributed by atoms with Crippen LogP contribution in [0.4, 0.5) is 5.69 Å². The van der Waals surface area contributed by atoms with E-state index in [4.69, 9.17) is 5.73 Å². The average Bonchev–Trinajstić information content (AvgIpc) is 3.40. The van der Waals surface area contributed by atoms with Gasteiger partial charge in [0.2, 0.25) is 15.9 Å². The maximum atomic E-state index is 14.7. The molecule has 5 rings (SSSR count). The van der Waals surface area contributed by atoms with E-state index in [-0.39, 0.29) is 12.2 Å². The summed E-state index contributed by atoms with van der Waals surface area (Å²) in [6.45, 7) is 4.48. The van der Waals surface area contributed by atoms with Gasteiger partial charge in [-0.2, -0.15) is 0 Å². The minimum Gasteiger partial charge on any atom is -0.361 e. The van der Waals surface area contributed by atoms with Crippen LogP contribution < -0.4 is 20.7 Å². The molecule has 2 atom stereocenters. The first-order chi connectivity index (χ1) is 17.9. The van der Waals surface area contributed by atoms with Crippen LogP contribution >= 0.6 is 0 Å². The first-order valence-electron chi connectivity index (χ1n) is 12.9. The number of hydrogen-bond donors (Lipinski definition) is 4. The van der Waals surface area contributed by atoms with Gasteiger partial charge in [0.05, 0.1) is 23.5 Å². The van der Waals surface area contributed by atoms with Crippen LogP contribution in [0.2, 0.25) is 0 Å². The number of nitrogens with two attached hydrogens (primary N) is 1. The van der Waals surface area contributed by atoms with Gasteiger partial charge in [-0.05, 0) is 63.0 Å². The van der Waals surface area contributed by atoms with Gasteiger partial charge in [-0.1, -0.05) is 36.4 Å². The first kappa shape index (κ1) is 26.4. The van der Waals surface area contributed by atoms with Gasteiger partial charge in [0.1, 0.15) is 6.04 Å². The zero-order valence-electron chi connectivity index (χ0n) is 22.0. The largest absolute Gasteiger partial charge is 0.361 e. The normalized spacial score (nSPS) is 19.9. The Morgan fingerprint density at radius 3 is 2.47 bits per heavy atom. The van der Waals surface area contributed by atoms with Crippen LogP contribution in [0.25, 0.3) is 10.9 Å². The number of ketones is 1. The van der Waals surface area contributed by atoms with Crippen molar-refractivity contribution in [1.82, 2.24) is 15.6 Å². The number of para-hydroxylation sites is 2. The molecule has 5 N–H and O–H groups in total. The van der Waals surface area contributed by atoms with Crippen LogP contribution in [-0.2, 0) is 31.4 Å². The predicted molar refractivity (Wildman–Crippen MR) is 149 cm³/mol. The zero-order chi connectivity index (χ0) is 27.3. The number of H-pyrrole nitrogens is 1. The Bertz CT molecular complexity index is 1480. The number of carbonyl (C=O) groups is 2. The number of piperidine rings is 1. The molecule has 0 radical (unpaired) electrons. The predicted octanol–water partition coefficient (Wildman–Crippen LogP) is 1.97. The van der Waals surface area contributed by atoms with Gasteiger partial charge in [0.25, 0.3) is 0 Å². The fraction of sp³-hybridized carbons (Fsp3) is 0.429. The van der Waals surface area contributed by atoms with Gasteiger partial charge < -0.3 is 21.4 Å². The number of hydrogen-bond acceptors (Lipinski definition) is 6. The van der Waals surface area contributed by atoms with Crippen LogP contribution in [0.1, 0.15) is 37.8 Å². The maximum absolute atomic E-state index is 14.7. The molecule has 2 aliphatic rings. The number of Topliss-reactive ketones (excluding diaryl/α,β-unsaturated/α-hetero) is 1. The SMILES string of the molecule is CC(C)(N)C(=O)N[C@H](Cc1c[nH]c2ccccc12)C(=O)C1N(S(C)(=O)=O)c2ccccc2C12CCNCC2. The molecule has 1 amide bonds. The highest BCUT2D eigenvalue weighted by Gasteiger charge is 2.58. The lowest BCUT2D eigenvalue weighted by Gasteiger charge is -2.42. The Labute approximate surface area is 223 Å². The lowest BCUT2D eigenvalue weighted by molar-refractivity contribution is -0.131. The van der Waals surface area contributed by atoms with Crippen molar-refractivity contribution in [3.05, 3.63) is 65.9 Å². The highest BCUT2D eigenvalue weighted by atomic mass is 32.2. The van der Waals surface area contributed by atoms with Gasteiger partial charge in [0.15, 0.2) is 5.78 Å². The molecule has 1 fully saturated rings. The van der Waals surface area contributed by atoms with E-state index in [1.54, 1.807) is 26.0 Å². The second-order valence-corrected chi connectivity index (χ2v) is 13.0. The Morgan fingerprint density at radius 2 is 1.79 bits per heavy atom. The van der Waals surface area contributed by atoms with E-state index >= 15 is 0 Å². The fourth-order valence-corrected chi connectivity index (χ4v) is 7.25. The van der Waals surface area contributed by atoms with Gasteiger partial charge in [-0.15, -0.1) is 0 Å². The van der Waals surface area contributed by atoms with Crippen molar-refractivity contribution >= 4 is 38.3 Å². The summed E-state index contributed by atoms with van der Waals surface area (Å²) in [5, 5.41) is 7.18. The van der Waals surface area contributed by atoms with Gasteiger partial charge in [0, 0.05) is 28.9 Å². The highest BCUT2D eigenvalue weighted by molar-refractivity contribution is 7.92. The summed E-state index contributed by atoms with van der Waals surface area (Å²) in [5.41, 5.74) is 7.35. The number of amides is 1. The van der Waals surface area contributed by atoms with Crippen molar-refractivity contribution in [1.29, 1.82) is 0 Å². The molecule has 10 heteroatoms. The number of nitrogens with one attached hydrogen (secondary N) is 3. The summed E-state index contributed by atoms with van der Waals surface area (Å²) >= 11 is 0. The molecule has 9 nitrogen and oxygen atoms in total. The topological polar surface area (TPSA) is 137 Å². The molecule has 3 heterocycles. The number of carbonyl (C=O) groups excluding carboxylic acids is 2. The third-order valence-corrected chi connectivity index (χ3v) is 9.01. The number of fused-ring (bicyclic) bond motifs is 3. The van der Waals surface area contributed by atoms with Crippen molar-refractivity contribution in [3.63, 3.8) is 0 Å². The number of benzene rings is 2. The minimum absolute atomic E-state index is 0.198. The second kappa shape index (κ2) is 9.52. The highest BCUT2D eigenvalue weighted by Crippen LogP contribution is 2.52. The van der Waals surface area contributed by atoms with Gasteiger partial charge >= 0.3 is 0 Å². The van der Waals surface area contributed by atoms with Crippen molar-refractivity contribution in [3.8, 4) is 0 Å². The van der Waals surface area contributed by atoms with E-state index in [2.05, 4.69) is 15.6 Å². The quantitative estimate of drug-likeness (QED) is 0.364. The lowest BCUT2D eigenvalue weighted by Crippen LogP contribution is -2.62. The van der Waals surface area contributed by atoms with E-state index in [1.807, 2.05) is 42.6 Å². The number of sulfonamides is 1. The molecule has 0 saturated carbocycles. The van der Waals surface area contributed by atoms with Crippen molar-refractivity contribution < 1.29 is 18.0 Å². The summed E-state index contributed by atoms with van der Waals surface area (Å²) in [6, 6.07) is 13.1. The number of aromatic nitrogens is 1. The van der Waals surface area contributed by atoms with Crippen molar-refractivity contribution in [2.75, 3.05) is 23.7 Å². The third kappa shape index (κ3) is 4.50. The Kier molecular flexibility index (Phi) is 6.61. The second-order valence-electron chi connectivity index (χ2n) is 11.1. The molecule has 1 spiro atoms. The monoisotopic (exact) mass is 537 g/mol. The van der Waals surface area contributed by atoms with Crippen LogP contribution in [-0.4, -0.2) is 62.1 Å². The zero-order valence-corrected chi connectivity index (χ0v) is 22.8. The molecule has 1 unspecified atom stereocenters. The molecular formula is C28H35N5O4S. The maximum Gasteiger partial charge on any atom is 0.240 e. The fourth-order valence-electron chi connectivity index (χ4n) is 6.05. The van der Waals surface area contributed by atoms with E-state index in [0.717, 1.165) is 28.3 Å². The number of nitrogens with zero attached hydrogens (tertiary/aromatic N) is 1. The number of anilines is 1. The Hall–Kier alpha value is -3.21. The summed E-state index contributed by atoms with van der Waals surface area (Å²) in [6.07, 6.45) is 4.37. The molecule has 1 saturated heterocycles. The van der Waals surface area contributed by atoms with E-state index in [0.29, 0.717) is 31.6 Å². The van der Waals surface area contributed by atoms with Crippen LogP contribution in [0.5, 0.6) is 0 Å². The van der Waals surface area contributed by atoms with Crippen LogP contribution in [0.15, 0.2) is 54.7 Å². The standard InChI is InChI=1S/C28H35N5O4S/c1-27(2,29)26(35)32-22(16-18-17-31-21-10-6-4-8-19(18)21)24(34)25-28(12-14-30-15-13-28)20-9-5-7-11-23(20)33(25)38(3,36)37/h4-11,17,22,25,30-31H,12-16,29H2,1-3H3,(H,32,35)/t22-,25?/m1/s1. The molecule has 3 aromatic rings. The third-order valence-electron chi connectivity index (χ3n) is 7.89. The summed E-state index contributed by atoms with van der Waals surface area (Å²) in [5.74, 6) is -0.812. The Morgan fingerprint density at radius 1 is 1.13 bits per heavy atom. The molecule has 0 aliphatic carbocycles. The first-order valence-corrected chi connectivity index (χ1v) is 14.8. The van der Waals surface area contributed by atoms with Gasteiger partial charge in [-0.3, -0.25) is 13.9 Å². The van der Waals surface area contributed by atoms with Crippen LogP contribution in [0.3, 0.4) is 0 Å². The summed E-state index contributed by atoms with van der Waals surface area (Å²) < 4.78 is 27.8. The molecule has 202 valence electrons. The summed E-state index contributed by atoms with van der Waals surface area (Å²) in [7, 11) is -3.82. The molecule has 2 aromatic carbocycles. The van der Waals surface area contributed by atoms with E-state index in [9.17, 15) is 18.0 Å². The van der Waals surface area contributed by atoms with E-state index < -0.39 is 39.0 Å². The smallest absolute Gasteiger partial charge is 0.240 e. The Balaban J connectivity index is 1.63. The van der Waals surface area contributed by atoms with Crippen molar-refractivity contribution in [2.45, 2.75) is 56.1 Å². The molecular weight excluding hydrogens is 502 g/mol. The lowest BCUT2D eigenvalue weighted by atomic mass is 9.68. The number of rotatable bonds is 7. The molecule has 38 heavy (non-hydrogen) atoms. The van der Waals surface area contributed by atoms with Crippen molar-refractivity contribution in [2.24, 2.45) is 5.73 Å². The molecule has 0 bridgehead atoms. The molecule has 2 aliphatic heterocycles. The molecule has 1 aromatic heterocycles. The minimum atomic E-state index is -3.82.